The molecule has 0 aliphatic heterocycles. The highest BCUT2D eigenvalue weighted by molar-refractivity contribution is 7.86. The third kappa shape index (κ3) is 5.82. The van der Waals surface area contributed by atoms with Gasteiger partial charge in [0.05, 0.1) is 9.79 Å². The van der Waals surface area contributed by atoms with E-state index in [-0.39, 0.29) is 10.9 Å². The Kier molecular flexibility index (Phi) is 6.68. The minimum absolute atomic E-state index is 0.172. The second kappa shape index (κ2) is 9.71. The van der Waals surface area contributed by atoms with Crippen LogP contribution in [-0.4, -0.2) is 25.9 Å². The third-order valence-corrected chi connectivity index (χ3v) is 6.80. The first-order valence-electron chi connectivity index (χ1n) is 10.3. The number of terminal acetylenes is 1. The number of hydrogen-bond donors (Lipinski definition) is 2. The Morgan fingerprint density at radius 3 is 1.47 bits per heavy atom. The zero-order chi connectivity index (χ0) is 25.9. The molecule has 0 aliphatic carbocycles. The predicted octanol–water partition coefficient (Wildman–Crippen LogP) is 4.11. The van der Waals surface area contributed by atoms with E-state index in [1.54, 1.807) is 24.3 Å². The van der Waals surface area contributed by atoms with Gasteiger partial charge in [-0.25, -0.2) is 0 Å². The van der Waals surface area contributed by atoms with Gasteiger partial charge >= 0.3 is 0 Å². The van der Waals surface area contributed by atoms with Crippen LogP contribution >= 0.6 is 0 Å². The van der Waals surface area contributed by atoms with Crippen LogP contribution < -0.4 is 0 Å². The van der Waals surface area contributed by atoms with Crippen LogP contribution in [0.5, 0.6) is 0 Å². The molecule has 0 saturated heterocycles. The summed E-state index contributed by atoms with van der Waals surface area (Å²) in [5.41, 5.74) is 3.23. The fourth-order valence-electron chi connectivity index (χ4n) is 3.30. The topological polar surface area (TPSA) is 109 Å². The second-order valence-electron chi connectivity index (χ2n) is 7.60. The standard InChI is InChI=1S/C28H16O6S2/c1-2-20-3-5-21(6-4-20)7-8-22-9-11-23(12-10-22)13-14-24-17-27(36(32,33)34)19-25-18-26(35(29,30)31)15-16-28(24)25/h1,3-6,9-12,15-19H,(H,29,30,31)(H,32,33,34). The molecule has 0 aliphatic rings. The highest BCUT2D eigenvalue weighted by Gasteiger charge is 2.16. The van der Waals surface area contributed by atoms with Gasteiger partial charge in [0.25, 0.3) is 20.2 Å². The first kappa shape index (κ1) is 24.8. The van der Waals surface area contributed by atoms with Crippen molar-refractivity contribution in [2.75, 3.05) is 0 Å². The quantitative estimate of drug-likeness (QED) is 0.309. The lowest BCUT2D eigenvalue weighted by atomic mass is 10.0. The van der Waals surface area contributed by atoms with Crippen LogP contribution in [0.15, 0.2) is 88.7 Å². The van der Waals surface area contributed by atoms with E-state index >= 15 is 0 Å². The molecule has 2 N–H and O–H groups in total. The first-order chi connectivity index (χ1) is 17.0. The highest BCUT2D eigenvalue weighted by atomic mass is 32.2. The fourth-order valence-corrected chi connectivity index (χ4v) is 4.36. The van der Waals surface area contributed by atoms with Gasteiger partial charge in [-0.1, -0.05) is 35.7 Å². The summed E-state index contributed by atoms with van der Waals surface area (Å²) in [6.07, 6.45) is 5.35. The maximum absolute atomic E-state index is 11.7. The number of fused-ring (bicyclic) bond motifs is 1. The van der Waals surface area contributed by atoms with Crippen LogP contribution in [0.1, 0.15) is 27.8 Å². The van der Waals surface area contributed by atoms with Crippen molar-refractivity contribution < 1.29 is 25.9 Å². The molecule has 0 aromatic heterocycles. The molecule has 0 fully saturated rings. The summed E-state index contributed by atoms with van der Waals surface area (Å²) in [5.74, 6) is 14.5. The van der Waals surface area contributed by atoms with E-state index in [1.165, 1.54) is 18.2 Å². The average Bonchev–Trinajstić information content (AvgIpc) is 2.85. The van der Waals surface area contributed by atoms with Crippen molar-refractivity contribution in [1.82, 2.24) is 0 Å². The van der Waals surface area contributed by atoms with Crippen molar-refractivity contribution in [2.24, 2.45) is 0 Å². The zero-order valence-corrected chi connectivity index (χ0v) is 20.1. The molecule has 0 heterocycles. The SMILES string of the molecule is C#Cc1ccc(C#Cc2ccc(C#Cc3cc(S(=O)(=O)O)cc4cc(S(=O)(=O)O)ccc34)cc2)cc1. The molecule has 0 amide bonds. The van der Waals surface area contributed by atoms with Crippen molar-refractivity contribution in [3.8, 4) is 36.0 Å². The summed E-state index contributed by atoms with van der Waals surface area (Å²) >= 11 is 0. The molecule has 0 atom stereocenters. The van der Waals surface area contributed by atoms with E-state index in [0.717, 1.165) is 28.8 Å². The van der Waals surface area contributed by atoms with E-state index in [4.69, 9.17) is 6.42 Å². The van der Waals surface area contributed by atoms with Gasteiger partial charge in [-0.15, -0.1) is 6.42 Å². The van der Waals surface area contributed by atoms with Gasteiger partial charge in [0.2, 0.25) is 0 Å². The second-order valence-corrected chi connectivity index (χ2v) is 10.4. The molecule has 0 bridgehead atoms. The Morgan fingerprint density at radius 2 is 1.00 bits per heavy atom. The maximum Gasteiger partial charge on any atom is 0.294 e. The van der Waals surface area contributed by atoms with Gasteiger partial charge < -0.3 is 0 Å². The number of hydrogen-bond acceptors (Lipinski definition) is 4. The van der Waals surface area contributed by atoms with Gasteiger partial charge in [-0.2, -0.15) is 16.8 Å². The van der Waals surface area contributed by atoms with Gasteiger partial charge in [-0.3, -0.25) is 9.11 Å². The van der Waals surface area contributed by atoms with Crippen LogP contribution in [0.4, 0.5) is 0 Å². The summed E-state index contributed by atoms with van der Waals surface area (Å²) < 4.78 is 65.2. The highest BCUT2D eigenvalue weighted by Crippen LogP contribution is 2.26. The molecule has 4 aromatic rings. The van der Waals surface area contributed by atoms with E-state index in [2.05, 4.69) is 29.6 Å². The maximum atomic E-state index is 11.7. The Bertz CT molecular complexity index is 1870. The van der Waals surface area contributed by atoms with Crippen molar-refractivity contribution in [1.29, 1.82) is 0 Å². The lowest BCUT2D eigenvalue weighted by Gasteiger charge is -2.06. The molecular formula is C28H16O6S2. The van der Waals surface area contributed by atoms with Gasteiger partial charge in [0, 0.05) is 27.8 Å². The Labute approximate surface area is 209 Å². The first-order valence-corrected chi connectivity index (χ1v) is 13.1. The smallest absolute Gasteiger partial charge is 0.282 e. The molecule has 6 nitrogen and oxygen atoms in total. The predicted molar refractivity (Wildman–Crippen MR) is 136 cm³/mol. The monoisotopic (exact) mass is 512 g/mol. The van der Waals surface area contributed by atoms with E-state index < -0.39 is 30.0 Å². The zero-order valence-electron chi connectivity index (χ0n) is 18.4. The summed E-state index contributed by atoms with van der Waals surface area (Å²) in [5, 5.41) is 0.617. The minimum Gasteiger partial charge on any atom is -0.282 e. The normalized spacial score (nSPS) is 11.0. The average molecular weight is 513 g/mol. The summed E-state index contributed by atoms with van der Waals surface area (Å²) in [6.45, 7) is 0. The number of benzene rings is 4. The molecule has 4 aromatic carbocycles. The molecule has 0 spiro atoms. The van der Waals surface area contributed by atoms with Crippen molar-refractivity contribution >= 4 is 31.0 Å². The summed E-state index contributed by atoms with van der Waals surface area (Å²) in [6, 6.07) is 20.4. The van der Waals surface area contributed by atoms with Crippen molar-refractivity contribution in [3.63, 3.8) is 0 Å². The molecular weight excluding hydrogens is 496 g/mol. The van der Waals surface area contributed by atoms with Gasteiger partial charge in [-0.05, 0) is 83.6 Å². The molecule has 8 heteroatoms. The van der Waals surface area contributed by atoms with Gasteiger partial charge in [0.15, 0.2) is 0 Å². The van der Waals surface area contributed by atoms with Crippen molar-refractivity contribution in [3.05, 3.63) is 107 Å². The van der Waals surface area contributed by atoms with E-state index in [9.17, 15) is 25.9 Å². The van der Waals surface area contributed by atoms with Crippen LogP contribution in [0.2, 0.25) is 0 Å². The molecule has 36 heavy (non-hydrogen) atoms. The van der Waals surface area contributed by atoms with E-state index in [0.29, 0.717) is 10.9 Å². The molecule has 0 radical (unpaired) electrons. The lowest BCUT2D eigenvalue weighted by molar-refractivity contribution is 0.481. The molecule has 0 unspecified atom stereocenters. The number of rotatable bonds is 2. The Hall–Kier alpha value is -4.36. The molecule has 0 saturated carbocycles. The Morgan fingerprint density at radius 1 is 0.556 bits per heavy atom. The van der Waals surface area contributed by atoms with Crippen LogP contribution in [0.25, 0.3) is 10.8 Å². The van der Waals surface area contributed by atoms with Crippen LogP contribution in [0.3, 0.4) is 0 Å². The summed E-state index contributed by atoms with van der Waals surface area (Å²) in [4.78, 5) is -0.863. The Balaban J connectivity index is 1.68. The largest absolute Gasteiger partial charge is 0.294 e. The van der Waals surface area contributed by atoms with Crippen LogP contribution in [-0.2, 0) is 20.2 Å². The van der Waals surface area contributed by atoms with E-state index in [1.807, 2.05) is 24.3 Å². The van der Waals surface area contributed by atoms with Crippen molar-refractivity contribution in [2.45, 2.75) is 9.79 Å². The fraction of sp³-hybridized carbons (Fsp3) is 0. The third-order valence-electron chi connectivity index (χ3n) is 5.12. The summed E-state index contributed by atoms with van der Waals surface area (Å²) in [7, 11) is -9.10. The molecule has 176 valence electrons. The van der Waals surface area contributed by atoms with Crippen LogP contribution in [0, 0.1) is 36.0 Å². The lowest BCUT2D eigenvalue weighted by Crippen LogP contribution is -2.01. The molecule has 4 rings (SSSR count). The minimum atomic E-state index is -4.59. The van der Waals surface area contributed by atoms with Gasteiger partial charge in [0.1, 0.15) is 0 Å².